The first-order chi connectivity index (χ1) is 10.7. The molecule has 3 aliphatic rings. The Bertz CT molecular complexity index is 395. The van der Waals surface area contributed by atoms with Gasteiger partial charge in [0, 0.05) is 33.9 Å². The van der Waals surface area contributed by atoms with E-state index >= 15 is 0 Å². The molecule has 4 heteroatoms. The molecule has 3 fully saturated rings. The van der Waals surface area contributed by atoms with Gasteiger partial charge in [0.2, 0.25) is 0 Å². The standard InChI is InChI=1S/C18H33N3O/c1-19-16(20-13-17(7-3-8-17)11-12-22-2)21-14-18(9-4-10-18)15-5-6-15/h15H,3-14H2,1-2H3,(H2,19,20,21). The number of guanidine groups is 1. The molecule has 0 aliphatic heterocycles. The first-order valence-corrected chi connectivity index (χ1v) is 9.15. The monoisotopic (exact) mass is 307 g/mol. The van der Waals surface area contributed by atoms with E-state index in [2.05, 4.69) is 15.6 Å². The number of ether oxygens (including phenoxy) is 1. The molecule has 0 aromatic rings. The van der Waals surface area contributed by atoms with Crippen molar-refractivity contribution in [3.05, 3.63) is 0 Å². The van der Waals surface area contributed by atoms with Crippen molar-refractivity contribution in [3.8, 4) is 0 Å². The highest BCUT2D eigenvalue weighted by Gasteiger charge is 2.48. The van der Waals surface area contributed by atoms with E-state index in [1.165, 1.54) is 57.8 Å². The van der Waals surface area contributed by atoms with Crippen LogP contribution in [0.15, 0.2) is 4.99 Å². The van der Waals surface area contributed by atoms with Crippen LogP contribution < -0.4 is 10.6 Å². The molecule has 0 amide bonds. The Kier molecular flexibility index (Phi) is 4.96. The van der Waals surface area contributed by atoms with Crippen LogP contribution in [0.2, 0.25) is 0 Å². The predicted molar refractivity (Wildman–Crippen MR) is 91.1 cm³/mol. The number of rotatable bonds is 8. The van der Waals surface area contributed by atoms with E-state index < -0.39 is 0 Å². The Morgan fingerprint density at radius 3 is 2.23 bits per heavy atom. The lowest BCUT2D eigenvalue weighted by atomic mass is 9.65. The quantitative estimate of drug-likeness (QED) is 0.535. The Labute approximate surface area is 135 Å². The van der Waals surface area contributed by atoms with Crippen LogP contribution in [0.25, 0.3) is 0 Å². The number of hydrogen-bond acceptors (Lipinski definition) is 2. The molecule has 0 saturated heterocycles. The molecule has 0 unspecified atom stereocenters. The maximum absolute atomic E-state index is 5.28. The van der Waals surface area contributed by atoms with Gasteiger partial charge in [0.25, 0.3) is 0 Å². The second-order valence-corrected chi connectivity index (χ2v) is 7.87. The number of methoxy groups -OCH3 is 1. The van der Waals surface area contributed by atoms with Crippen LogP contribution in [0.1, 0.15) is 57.8 Å². The lowest BCUT2D eigenvalue weighted by molar-refractivity contribution is 0.0728. The highest BCUT2D eigenvalue weighted by molar-refractivity contribution is 5.79. The first-order valence-electron chi connectivity index (χ1n) is 9.15. The summed E-state index contributed by atoms with van der Waals surface area (Å²) in [5.41, 5.74) is 1.04. The third-order valence-electron chi connectivity index (χ3n) is 6.51. The first kappa shape index (κ1) is 16.1. The van der Waals surface area contributed by atoms with Gasteiger partial charge in [0.15, 0.2) is 5.96 Å². The average Bonchev–Trinajstić information content (AvgIpc) is 3.27. The summed E-state index contributed by atoms with van der Waals surface area (Å²) in [7, 11) is 3.69. The second-order valence-electron chi connectivity index (χ2n) is 7.87. The molecule has 3 rings (SSSR count). The predicted octanol–water partition coefficient (Wildman–Crippen LogP) is 2.94. The number of aliphatic imine (C=N–C) groups is 1. The van der Waals surface area contributed by atoms with E-state index in [1.807, 2.05) is 7.05 Å². The topological polar surface area (TPSA) is 45.7 Å². The van der Waals surface area contributed by atoms with Crippen molar-refractivity contribution >= 4 is 5.96 Å². The second kappa shape index (κ2) is 6.77. The summed E-state index contributed by atoms with van der Waals surface area (Å²) in [4.78, 5) is 4.43. The summed E-state index contributed by atoms with van der Waals surface area (Å²) in [6.45, 7) is 3.02. The summed E-state index contributed by atoms with van der Waals surface area (Å²) in [6.07, 6.45) is 12.3. The fourth-order valence-electron chi connectivity index (χ4n) is 4.32. The molecular weight excluding hydrogens is 274 g/mol. The van der Waals surface area contributed by atoms with Gasteiger partial charge in [-0.1, -0.05) is 12.8 Å². The maximum atomic E-state index is 5.28. The van der Waals surface area contributed by atoms with E-state index in [1.54, 1.807) is 7.11 Å². The molecule has 0 spiro atoms. The van der Waals surface area contributed by atoms with Gasteiger partial charge < -0.3 is 15.4 Å². The molecule has 0 aromatic carbocycles. The minimum absolute atomic E-state index is 0.443. The minimum Gasteiger partial charge on any atom is -0.385 e. The number of nitrogens with one attached hydrogen (secondary N) is 2. The fourth-order valence-corrected chi connectivity index (χ4v) is 4.32. The smallest absolute Gasteiger partial charge is 0.191 e. The Balaban J connectivity index is 1.44. The van der Waals surface area contributed by atoms with Gasteiger partial charge in [0.1, 0.15) is 0 Å². The maximum Gasteiger partial charge on any atom is 0.191 e. The molecule has 4 nitrogen and oxygen atoms in total. The lowest BCUT2D eigenvalue weighted by Gasteiger charge is -2.44. The van der Waals surface area contributed by atoms with E-state index in [9.17, 15) is 0 Å². The molecule has 0 aromatic heterocycles. The van der Waals surface area contributed by atoms with Crippen LogP contribution in [0.5, 0.6) is 0 Å². The average molecular weight is 307 g/mol. The number of nitrogens with zero attached hydrogens (tertiary/aromatic N) is 1. The zero-order valence-electron chi connectivity index (χ0n) is 14.4. The summed E-state index contributed by atoms with van der Waals surface area (Å²) < 4.78 is 5.28. The van der Waals surface area contributed by atoms with Gasteiger partial charge in [-0.15, -0.1) is 0 Å². The fraction of sp³-hybridized carbons (Fsp3) is 0.944. The zero-order valence-corrected chi connectivity index (χ0v) is 14.4. The lowest BCUT2D eigenvalue weighted by Crippen LogP contribution is -2.50. The van der Waals surface area contributed by atoms with Crippen molar-refractivity contribution in [1.29, 1.82) is 0 Å². The molecule has 22 heavy (non-hydrogen) atoms. The molecular formula is C18H33N3O. The van der Waals surface area contributed by atoms with Gasteiger partial charge in [-0.05, 0) is 61.7 Å². The van der Waals surface area contributed by atoms with Crippen molar-refractivity contribution in [2.75, 3.05) is 33.9 Å². The molecule has 3 aliphatic carbocycles. The van der Waals surface area contributed by atoms with Crippen LogP contribution in [-0.2, 0) is 4.74 Å². The van der Waals surface area contributed by atoms with E-state index in [0.717, 1.165) is 31.6 Å². The Morgan fingerprint density at radius 1 is 1.09 bits per heavy atom. The van der Waals surface area contributed by atoms with Crippen LogP contribution in [0.4, 0.5) is 0 Å². The van der Waals surface area contributed by atoms with Crippen LogP contribution in [-0.4, -0.2) is 39.8 Å². The van der Waals surface area contributed by atoms with Crippen LogP contribution in [0.3, 0.4) is 0 Å². The third-order valence-corrected chi connectivity index (χ3v) is 6.51. The van der Waals surface area contributed by atoms with Crippen molar-refractivity contribution in [2.45, 2.75) is 57.8 Å². The molecule has 0 heterocycles. The van der Waals surface area contributed by atoms with Gasteiger partial charge >= 0.3 is 0 Å². The SMILES string of the molecule is CN=C(NCC1(CCOC)CCC1)NCC1(C2CC2)CCC1. The van der Waals surface area contributed by atoms with Crippen molar-refractivity contribution in [3.63, 3.8) is 0 Å². The summed E-state index contributed by atoms with van der Waals surface area (Å²) in [5.74, 6) is 1.99. The van der Waals surface area contributed by atoms with Gasteiger partial charge in [-0.2, -0.15) is 0 Å². The molecule has 2 N–H and O–H groups in total. The number of hydrogen-bond donors (Lipinski definition) is 2. The highest BCUT2D eigenvalue weighted by atomic mass is 16.5. The normalized spacial score (nSPS) is 26.0. The van der Waals surface area contributed by atoms with Gasteiger partial charge in [0.05, 0.1) is 0 Å². The van der Waals surface area contributed by atoms with Crippen molar-refractivity contribution in [1.82, 2.24) is 10.6 Å². The Hall–Kier alpha value is -0.770. The van der Waals surface area contributed by atoms with Gasteiger partial charge in [-0.3, -0.25) is 4.99 Å². The summed E-state index contributed by atoms with van der Waals surface area (Å²) >= 11 is 0. The molecule has 0 bridgehead atoms. The van der Waals surface area contributed by atoms with E-state index in [4.69, 9.17) is 4.74 Å². The van der Waals surface area contributed by atoms with Gasteiger partial charge in [-0.25, -0.2) is 0 Å². The zero-order chi connectivity index (χ0) is 15.5. The van der Waals surface area contributed by atoms with E-state index in [0.29, 0.717) is 10.8 Å². The van der Waals surface area contributed by atoms with Crippen LogP contribution in [0, 0.1) is 16.7 Å². The third kappa shape index (κ3) is 3.42. The van der Waals surface area contributed by atoms with Crippen molar-refractivity contribution < 1.29 is 4.74 Å². The molecule has 126 valence electrons. The Morgan fingerprint density at radius 2 is 1.77 bits per heavy atom. The summed E-state index contributed by atoms with van der Waals surface area (Å²) in [5, 5.41) is 7.20. The van der Waals surface area contributed by atoms with Crippen LogP contribution >= 0.6 is 0 Å². The van der Waals surface area contributed by atoms with E-state index in [-0.39, 0.29) is 0 Å². The molecule has 0 atom stereocenters. The largest absolute Gasteiger partial charge is 0.385 e. The minimum atomic E-state index is 0.443. The molecule has 3 saturated carbocycles. The summed E-state index contributed by atoms with van der Waals surface area (Å²) in [6, 6.07) is 0. The van der Waals surface area contributed by atoms with Crippen molar-refractivity contribution in [2.24, 2.45) is 21.7 Å². The highest BCUT2D eigenvalue weighted by Crippen LogP contribution is 2.56. The molecule has 0 radical (unpaired) electrons.